The van der Waals surface area contributed by atoms with Crippen LogP contribution in [0.5, 0.6) is 5.75 Å². The molecular formula is C21H24Cl3N3O5S. The number of halogens is 3. The lowest BCUT2D eigenvalue weighted by molar-refractivity contribution is -0.139. The second-order valence-corrected chi connectivity index (χ2v) is 10.3. The molecule has 0 saturated carbocycles. The van der Waals surface area contributed by atoms with Gasteiger partial charge in [-0.25, -0.2) is 8.42 Å². The number of nitrogens with one attached hydrogen (secondary N) is 1. The number of anilines is 1. The van der Waals surface area contributed by atoms with Gasteiger partial charge in [-0.3, -0.25) is 13.9 Å². The second kappa shape index (κ2) is 11.3. The molecule has 2 rings (SSSR count). The van der Waals surface area contributed by atoms with Crippen LogP contribution in [0.3, 0.4) is 0 Å². The Morgan fingerprint density at radius 2 is 1.76 bits per heavy atom. The van der Waals surface area contributed by atoms with Crippen LogP contribution >= 0.6 is 34.8 Å². The molecule has 2 aromatic rings. The molecule has 8 nitrogen and oxygen atoms in total. The summed E-state index contributed by atoms with van der Waals surface area (Å²) in [6, 6.07) is 8.22. The third kappa shape index (κ3) is 6.89. The molecule has 0 bridgehead atoms. The summed E-state index contributed by atoms with van der Waals surface area (Å²) in [5.74, 6) is -0.686. The highest BCUT2D eigenvalue weighted by Gasteiger charge is 2.30. The van der Waals surface area contributed by atoms with Crippen LogP contribution in [0.25, 0.3) is 0 Å². The van der Waals surface area contributed by atoms with E-state index in [2.05, 4.69) is 5.32 Å². The van der Waals surface area contributed by atoms with Gasteiger partial charge in [0.05, 0.1) is 24.1 Å². The minimum absolute atomic E-state index is 0.0373. The van der Waals surface area contributed by atoms with Gasteiger partial charge in [0.25, 0.3) is 0 Å². The standard InChI is InChI=1S/C21H24Cl3N3O5S/c1-13(21(29)25-2)26(11-14-5-6-15(22)9-17(14)23)20(28)12-27(33(4,30)31)16-7-8-19(32-3)18(24)10-16/h5-10,13H,11-12H2,1-4H3,(H,25,29). The summed E-state index contributed by atoms with van der Waals surface area (Å²) in [5, 5.41) is 3.40. The number of benzene rings is 2. The number of nitrogens with zero attached hydrogens (tertiary/aromatic N) is 2. The maximum Gasteiger partial charge on any atom is 0.244 e. The summed E-state index contributed by atoms with van der Waals surface area (Å²) in [7, 11) is -1.01. The van der Waals surface area contributed by atoms with Crippen molar-refractivity contribution in [3.05, 3.63) is 57.0 Å². The van der Waals surface area contributed by atoms with Crippen LogP contribution in [-0.2, 0) is 26.2 Å². The molecular weight excluding hydrogens is 513 g/mol. The van der Waals surface area contributed by atoms with Gasteiger partial charge in [0.15, 0.2) is 0 Å². The minimum Gasteiger partial charge on any atom is -0.495 e. The first-order chi connectivity index (χ1) is 15.4. The molecule has 0 radical (unpaired) electrons. The molecule has 0 aromatic heterocycles. The van der Waals surface area contributed by atoms with Crippen LogP contribution in [0.2, 0.25) is 15.1 Å². The van der Waals surface area contributed by atoms with E-state index in [4.69, 9.17) is 39.5 Å². The number of hydrogen-bond acceptors (Lipinski definition) is 5. The average Bonchev–Trinajstić information content (AvgIpc) is 2.74. The maximum absolute atomic E-state index is 13.3. The van der Waals surface area contributed by atoms with Gasteiger partial charge in [-0.15, -0.1) is 0 Å². The predicted molar refractivity (Wildman–Crippen MR) is 131 cm³/mol. The predicted octanol–water partition coefficient (Wildman–Crippen LogP) is 3.58. The summed E-state index contributed by atoms with van der Waals surface area (Å²) in [4.78, 5) is 26.9. The van der Waals surface area contributed by atoms with E-state index in [0.717, 1.165) is 10.6 Å². The van der Waals surface area contributed by atoms with Crippen LogP contribution in [0.4, 0.5) is 5.69 Å². The first kappa shape index (κ1) is 27.0. The molecule has 180 valence electrons. The Morgan fingerprint density at radius 3 is 2.27 bits per heavy atom. The highest BCUT2D eigenvalue weighted by Crippen LogP contribution is 2.30. The van der Waals surface area contributed by atoms with Gasteiger partial charge in [-0.2, -0.15) is 0 Å². The fourth-order valence-electron chi connectivity index (χ4n) is 3.05. The summed E-state index contributed by atoms with van der Waals surface area (Å²) in [6.45, 7) is 0.939. The Hall–Kier alpha value is -2.20. The lowest BCUT2D eigenvalue weighted by atomic mass is 10.1. The topological polar surface area (TPSA) is 96.0 Å². The van der Waals surface area contributed by atoms with Crippen molar-refractivity contribution in [3.63, 3.8) is 0 Å². The fraction of sp³-hybridized carbons (Fsp3) is 0.333. The number of methoxy groups -OCH3 is 1. The van der Waals surface area contributed by atoms with Gasteiger partial charge in [-0.1, -0.05) is 40.9 Å². The van der Waals surface area contributed by atoms with Gasteiger partial charge in [-0.05, 0) is 42.8 Å². The van der Waals surface area contributed by atoms with Crippen LogP contribution in [0, 0.1) is 0 Å². The Morgan fingerprint density at radius 1 is 1.09 bits per heavy atom. The smallest absolute Gasteiger partial charge is 0.244 e. The van der Waals surface area contributed by atoms with Gasteiger partial charge in [0.2, 0.25) is 21.8 Å². The highest BCUT2D eigenvalue weighted by molar-refractivity contribution is 7.92. The zero-order valence-electron chi connectivity index (χ0n) is 18.4. The van der Waals surface area contributed by atoms with Gasteiger partial charge >= 0.3 is 0 Å². The lowest BCUT2D eigenvalue weighted by Gasteiger charge is -2.31. The molecule has 0 aliphatic heterocycles. The molecule has 2 amide bonds. The Kier molecular flexibility index (Phi) is 9.25. The fourth-order valence-corrected chi connectivity index (χ4v) is 4.61. The van der Waals surface area contributed by atoms with Gasteiger partial charge in [0.1, 0.15) is 18.3 Å². The van der Waals surface area contributed by atoms with Gasteiger partial charge < -0.3 is 15.0 Å². The van der Waals surface area contributed by atoms with E-state index in [0.29, 0.717) is 21.4 Å². The third-order valence-electron chi connectivity index (χ3n) is 4.87. The molecule has 0 fully saturated rings. The Bertz CT molecular complexity index is 1140. The summed E-state index contributed by atoms with van der Waals surface area (Å²) < 4.78 is 31.1. The summed E-state index contributed by atoms with van der Waals surface area (Å²) in [5.41, 5.74) is 0.720. The van der Waals surface area contributed by atoms with Crippen molar-refractivity contribution in [2.24, 2.45) is 0 Å². The average molecular weight is 537 g/mol. The van der Waals surface area contributed by atoms with Crippen molar-refractivity contribution >= 4 is 62.3 Å². The lowest BCUT2D eigenvalue weighted by Crippen LogP contribution is -2.50. The zero-order valence-corrected chi connectivity index (χ0v) is 21.5. The number of sulfonamides is 1. The maximum atomic E-state index is 13.3. The number of amides is 2. The number of carbonyl (C=O) groups excluding carboxylic acids is 2. The Labute approximate surface area is 208 Å². The van der Waals surface area contributed by atoms with E-state index in [1.54, 1.807) is 12.1 Å². The molecule has 12 heteroatoms. The molecule has 2 aromatic carbocycles. The van der Waals surface area contributed by atoms with E-state index in [9.17, 15) is 18.0 Å². The molecule has 33 heavy (non-hydrogen) atoms. The van der Waals surface area contributed by atoms with Crippen molar-refractivity contribution in [1.29, 1.82) is 0 Å². The molecule has 0 aliphatic rings. The number of hydrogen-bond donors (Lipinski definition) is 1. The number of ether oxygens (including phenoxy) is 1. The highest BCUT2D eigenvalue weighted by atomic mass is 35.5. The molecule has 1 unspecified atom stereocenters. The normalized spacial score (nSPS) is 12.1. The van der Waals surface area contributed by atoms with E-state index < -0.39 is 34.4 Å². The first-order valence-corrected chi connectivity index (χ1v) is 12.6. The summed E-state index contributed by atoms with van der Waals surface area (Å²) >= 11 is 18.4. The number of likely N-dealkylation sites (N-methyl/N-ethyl adjacent to an activating group) is 1. The molecule has 0 saturated heterocycles. The van der Waals surface area contributed by atoms with E-state index in [1.165, 1.54) is 50.2 Å². The van der Waals surface area contributed by atoms with Crippen molar-refractivity contribution in [2.75, 3.05) is 31.3 Å². The Balaban J connectivity index is 2.43. The first-order valence-electron chi connectivity index (χ1n) is 9.65. The van der Waals surface area contributed by atoms with E-state index in [1.807, 2.05) is 0 Å². The zero-order chi connectivity index (χ0) is 24.9. The molecule has 0 heterocycles. The van der Waals surface area contributed by atoms with E-state index >= 15 is 0 Å². The van der Waals surface area contributed by atoms with Crippen LogP contribution in [0.15, 0.2) is 36.4 Å². The molecule has 0 aliphatic carbocycles. The number of carbonyl (C=O) groups is 2. The van der Waals surface area contributed by atoms with Crippen LogP contribution in [-0.4, -0.2) is 58.1 Å². The quantitative estimate of drug-likeness (QED) is 0.528. The van der Waals surface area contributed by atoms with Crippen molar-refractivity contribution in [3.8, 4) is 5.75 Å². The van der Waals surface area contributed by atoms with Crippen molar-refractivity contribution in [2.45, 2.75) is 19.5 Å². The van der Waals surface area contributed by atoms with Gasteiger partial charge in [0, 0.05) is 23.6 Å². The van der Waals surface area contributed by atoms with Crippen molar-refractivity contribution in [1.82, 2.24) is 10.2 Å². The molecule has 1 N–H and O–H groups in total. The second-order valence-electron chi connectivity index (χ2n) is 7.14. The molecule has 0 spiro atoms. The largest absolute Gasteiger partial charge is 0.495 e. The minimum atomic E-state index is -3.88. The van der Waals surface area contributed by atoms with Crippen molar-refractivity contribution < 1.29 is 22.7 Å². The number of rotatable bonds is 9. The van der Waals surface area contributed by atoms with Crippen LogP contribution < -0.4 is 14.4 Å². The van der Waals surface area contributed by atoms with Crippen LogP contribution in [0.1, 0.15) is 12.5 Å². The third-order valence-corrected chi connectivity index (χ3v) is 6.89. The molecule has 1 atom stereocenters. The monoisotopic (exact) mass is 535 g/mol. The SMILES string of the molecule is CNC(=O)C(C)N(Cc1ccc(Cl)cc1Cl)C(=O)CN(c1ccc(OC)c(Cl)c1)S(C)(=O)=O. The summed E-state index contributed by atoms with van der Waals surface area (Å²) in [6.07, 6.45) is 0.973. The van der Waals surface area contributed by atoms with E-state index in [-0.39, 0.29) is 17.3 Å².